The third-order valence-corrected chi connectivity index (χ3v) is 3.11. The largest absolute Gasteiger partial charge is 0.478 e. The number of carboxylic acid groups (broad SMARTS) is 1. The molecule has 0 saturated carbocycles. The summed E-state index contributed by atoms with van der Waals surface area (Å²) in [6.45, 7) is 0. The van der Waals surface area contributed by atoms with Crippen molar-refractivity contribution >= 4 is 17.6 Å². The zero-order valence-corrected chi connectivity index (χ0v) is 12.1. The molecule has 8 heteroatoms. The van der Waals surface area contributed by atoms with Gasteiger partial charge in [0.05, 0.1) is 23.1 Å². The third-order valence-electron chi connectivity index (χ3n) is 3.11. The maximum Gasteiger partial charge on any atom is 0.335 e. The van der Waals surface area contributed by atoms with E-state index in [2.05, 4.69) is 20.4 Å². The number of carboxylic acids is 1. The molecular formula is C15H12FN5O2. The molecule has 3 rings (SSSR count). The first-order valence-corrected chi connectivity index (χ1v) is 6.65. The van der Waals surface area contributed by atoms with Crippen LogP contribution < -0.4 is 5.32 Å². The smallest absolute Gasteiger partial charge is 0.335 e. The average Bonchev–Trinajstić information content (AvgIpc) is 2.92. The Morgan fingerprint density at radius 3 is 2.83 bits per heavy atom. The van der Waals surface area contributed by atoms with E-state index in [1.54, 1.807) is 30.2 Å². The van der Waals surface area contributed by atoms with E-state index in [1.807, 2.05) is 0 Å². The van der Waals surface area contributed by atoms with Gasteiger partial charge in [-0.1, -0.05) is 0 Å². The van der Waals surface area contributed by atoms with Crippen LogP contribution in [0, 0.1) is 5.82 Å². The van der Waals surface area contributed by atoms with Crippen LogP contribution >= 0.6 is 0 Å². The molecule has 0 atom stereocenters. The van der Waals surface area contributed by atoms with Gasteiger partial charge in [-0.15, -0.1) is 0 Å². The summed E-state index contributed by atoms with van der Waals surface area (Å²) in [5.41, 5.74) is 1.13. The number of anilines is 2. The second-order valence-corrected chi connectivity index (χ2v) is 4.79. The topological polar surface area (TPSA) is 92.9 Å². The normalized spacial score (nSPS) is 10.5. The van der Waals surface area contributed by atoms with Crippen molar-refractivity contribution in [2.45, 2.75) is 0 Å². The van der Waals surface area contributed by atoms with Crippen molar-refractivity contribution < 1.29 is 14.3 Å². The summed E-state index contributed by atoms with van der Waals surface area (Å²) in [5, 5.41) is 15.8. The van der Waals surface area contributed by atoms with Gasteiger partial charge in [0.15, 0.2) is 0 Å². The number of rotatable bonds is 4. The van der Waals surface area contributed by atoms with E-state index >= 15 is 0 Å². The number of halogens is 1. The van der Waals surface area contributed by atoms with Crippen molar-refractivity contribution in [3.05, 3.63) is 54.2 Å². The fourth-order valence-electron chi connectivity index (χ4n) is 2.04. The molecule has 7 nitrogen and oxygen atoms in total. The van der Waals surface area contributed by atoms with Crippen LogP contribution in [0.5, 0.6) is 0 Å². The number of hydrogen-bond acceptors (Lipinski definition) is 5. The Labute approximate surface area is 130 Å². The van der Waals surface area contributed by atoms with Gasteiger partial charge in [-0.25, -0.2) is 19.2 Å². The summed E-state index contributed by atoms with van der Waals surface area (Å²) in [4.78, 5) is 19.2. The molecule has 2 heterocycles. The molecule has 0 fully saturated rings. The number of benzene rings is 1. The van der Waals surface area contributed by atoms with Gasteiger partial charge in [-0.2, -0.15) is 5.10 Å². The fourth-order valence-corrected chi connectivity index (χ4v) is 2.04. The van der Waals surface area contributed by atoms with E-state index in [9.17, 15) is 9.18 Å². The molecule has 0 radical (unpaired) electrons. The molecule has 3 aromatic rings. The van der Waals surface area contributed by atoms with Crippen LogP contribution in [0.2, 0.25) is 0 Å². The highest BCUT2D eigenvalue weighted by molar-refractivity contribution is 5.88. The molecule has 0 saturated heterocycles. The van der Waals surface area contributed by atoms with Crippen LogP contribution in [0.25, 0.3) is 11.3 Å². The van der Waals surface area contributed by atoms with E-state index in [0.29, 0.717) is 11.4 Å². The maximum absolute atomic E-state index is 14.1. The summed E-state index contributed by atoms with van der Waals surface area (Å²) >= 11 is 0. The minimum Gasteiger partial charge on any atom is -0.478 e. The summed E-state index contributed by atoms with van der Waals surface area (Å²) < 4.78 is 15.7. The van der Waals surface area contributed by atoms with Crippen LogP contribution in [0.1, 0.15) is 10.4 Å². The van der Waals surface area contributed by atoms with E-state index in [0.717, 1.165) is 6.07 Å². The number of nitrogens with zero attached hydrogens (tertiary/aromatic N) is 4. The predicted molar refractivity (Wildman–Crippen MR) is 80.9 cm³/mol. The molecule has 0 aliphatic rings. The summed E-state index contributed by atoms with van der Waals surface area (Å²) in [6.07, 6.45) is 4.85. The third kappa shape index (κ3) is 3.15. The van der Waals surface area contributed by atoms with Gasteiger partial charge in [-0.05, 0) is 24.3 Å². The van der Waals surface area contributed by atoms with Crippen molar-refractivity contribution in [2.75, 3.05) is 5.32 Å². The van der Waals surface area contributed by atoms with Crippen LogP contribution in [-0.2, 0) is 7.05 Å². The second-order valence-electron chi connectivity index (χ2n) is 4.79. The Bertz CT molecular complexity index is 878. The minimum atomic E-state index is -1.18. The quantitative estimate of drug-likeness (QED) is 0.768. The number of nitrogens with one attached hydrogen (secondary N) is 1. The van der Waals surface area contributed by atoms with Crippen LogP contribution in [-0.4, -0.2) is 30.8 Å². The lowest BCUT2D eigenvalue weighted by Crippen LogP contribution is -2.00. The lowest BCUT2D eigenvalue weighted by atomic mass is 10.1. The van der Waals surface area contributed by atoms with Crippen LogP contribution in [0.3, 0.4) is 0 Å². The number of carbonyl (C=O) groups is 1. The number of aryl methyl sites for hydroxylation is 1. The molecule has 0 spiro atoms. The lowest BCUT2D eigenvalue weighted by molar-refractivity contribution is 0.0696. The van der Waals surface area contributed by atoms with E-state index in [-0.39, 0.29) is 17.1 Å². The Hall–Kier alpha value is -3.29. The van der Waals surface area contributed by atoms with Crippen molar-refractivity contribution in [3.63, 3.8) is 0 Å². The Balaban J connectivity index is 1.92. The van der Waals surface area contributed by atoms with Gasteiger partial charge in [0.25, 0.3) is 0 Å². The Morgan fingerprint density at radius 1 is 1.35 bits per heavy atom. The Kier molecular flexibility index (Phi) is 3.71. The zero-order valence-electron chi connectivity index (χ0n) is 12.1. The summed E-state index contributed by atoms with van der Waals surface area (Å²) in [7, 11) is 1.78. The first-order valence-electron chi connectivity index (χ1n) is 6.65. The van der Waals surface area contributed by atoms with Crippen molar-refractivity contribution in [3.8, 4) is 11.3 Å². The monoisotopic (exact) mass is 313 g/mol. The van der Waals surface area contributed by atoms with Crippen molar-refractivity contribution in [1.82, 2.24) is 19.7 Å². The maximum atomic E-state index is 14.1. The highest BCUT2D eigenvalue weighted by Gasteiger charge is 2.12. The second kappa shape index (κ2) is 5.84. The standard InChI is InChI=1S/C15H12FN5O2/c1-21-8-10(7-18-21)19-15-17-5-4-13(20-15)11-3-2-9(14(22)23)6-12(11)16/h2-8H,1H3,(H,22,23)(H,17,19,20). The summed E-state index contributed by atoms with van der Waals surface area (Å²) in [6, 6.07) is 5.23. The molecule has 1 aromatic carbocycles. The highest BCUT2D eigenvalue weighted by atomic mass is 19.1. The molecule has 2 aromatic heterocycles. The minimum absolute atomic E-state index is 0.117. The molecule has 116 valence electrons. The molecule has 0 unspecified atom stereocenters. The first-order chi connectivity index (χ1) is 11.0. The number of hydrogen-bond donors (Lipinski definition) is 2. The lowest BCUT2D eigenvalue weighted by Gasteiger charge is -2.06. The number of aromatic carboxylic acids is 1. The highest BCUT2D eigenvalue weighted by Crippen LogP contribution is 2.23. The van der Waals surface area contributed by atoms with E-state index < -0.39 is 11.8 Å². The van der Waals surface area contributed by atoms with Gasteiger partial charge in [0.1, 0.15) is 5.82 Å². The van der Waals surface area contributed by atoms with Gasteiger partial charge in [0, 0.05) is 25.0 Å². The average molecular weight is 313 g/mol. The molecule has 0 amide bonds. The van der Waals surface area contributed by atoms with Crippen molar-refractivity contribution in [1.29, 1.82) is 0 Å². The molecule has 0 aliphatic carbocycles. The molecule has 23 heavy (non-hydrogen) atoms. The van der Waals surface area contributed by atoms with Crippen LogP contribution in [0.4, 0.5) is 16.0 Å². The van der Waals surface area contributed by atoms with Gasteiger partial charge in [0.2, 0.25) is 5.95 Å². The van der Waals surface area contributed by atoms with Gasteiger partial charge >= 0.3 is 5.97 Å². The van der Waals surface area contributed by atoms with Gasteiger partial charge < -0.3 is 10.4 Å². The molecule has 2 N–H and O–H groups in total. The zero-order chi connectivity index (χ0) is 16.4. The molecule has 0 bridgehead atoms. The number of aromatic nitrogens is 4. The molecular weight excluding hydrogens is 301 g/mol. The first kappa shape index (κ1) is 14.6. The van der Waals surface area contributed by atoms with Crippen LogP contribution in [0.15, 0.2) is 42.9 Å². The predicted octanol–water partition coefficient (Wildman–Crippen LogP) is 2.46. The Morgan fingerprint density at radius 2 is 2.17 bits per heavy atom. The SMILES string of the molecule is Cn1cc(Nc2nccc(-c3ccc(C(=O)O)cc3F)n2)cn1. The van der Waals surface area contributed by atoms with E-state index in [1.165, 1.54) is 18.3 Å². The van der Waals surface area contributed by atoms with E-state index in [4.69, 9.17) is 5.11 Å². The summed E-state index contributed by atoms with van der Waals surface area (Å²) in [5.74, 6) is -1.55. The fraction of sp³-hybridized carbons (Fsp3) is 0.0667. The molecule has 0 aliphatic heterocycles. The van der Waals surface area contributed by atoms with Gasteiger partial charge in [-0.3, -0.25) is 4.68 Å². The van der Waals surface area contributed by atoms with Crippen molar-refractivity contribution in [2.24, 2.45) is 7.05 Å².